The Labute approximate surface area is 106 Å². The molecule has 1 aromatic carbocycles. The molecule has 0 N–H and O–H groups in total. The summed E-state index contributed by atoms with van der Waals surface area (Å²) >= 11 is 3.41. The Morgan fingerprint density at radius 1 is 1.25 bits per heavy atom. The lowest BCUT2D eigenvalue weighted by Crippen LogP contribution is -2.01. The first-order valence-electron chi connectivity index (χ1n) is 5.94. The van der Waals surface area contributed by atoms with Gasteiger partial charge >= 0.3 is 0 Å². The Morgan fingerprint density at radius 3 is 2.62 bits per heavy atom. The highest BCUT2D eigenvalue weighted by Crippen LogP contribution is 2.18. The number of carbonyl (C=O) groups is 1. The van der Waals surface area contributed by atoms with Crippen LogP contribution in [0.2, 0.25) is 0 Å². The third-order valence-electron chi connectivity index (χ3n) is 2.75. The molecule has 88 valence electrons. The number of hydrogen-bond donors (Lipinski definition) is 0. The molecule has 0 heterocycles. The Kier molecular flexibility index (Phi) is 5.75. The number of rotatable bonds is 6. The number of ketones is 1. The highest BCUT2D eigenvalue weighted by Gasteiger charge is 2.08. The van der Waals surface area contributed by atoms with Gasteiger partial charge in [-0.1, -0.05) is 48.2 Å². The topological polar surface area (TPSA) is 17.1 Å². The summed E-state index contributed by atoms with van der Waals surface area (Å²) in [5.74, 6) is 0.279. The molecule has 0 atom stereocenters. The van der Waals surface area contributed by atoms with Crippen molar-refractivity contribution in [2.24, 2.45) is 0 Å². The highest BCUT2D eigenvalue weighted by atomic mass is 79.9. The Bertz CT molecular complexity index is 358. The van der Waals surface area contributed by atoms with Gasteiger partial charge in [0.2, 0.25) is 0 Å². The van der Waals surface area contributed by atoms with Crippen molar-refractivity contribution in [1.82, 2.24) is 0 Å². The smallest absolute Gasteiger partial charge is 0.163 e. The van der Waals surface area contributed by atoms with Crippen LogP contribution < -0.4 is 0 Å². The molecular weight excluding hydrogens is 264 g/mol. The third-order valence-corrected chi connectivity index (χ3v) is 3.24. The molecule has 16 heavy (non-hydrogen) atoms. The fourth-order valence-electron chi connectivity index (χ4n) is 1.79. The van der Waals surface area contributed by atoms with Crippen molar-refractivity contribution in [2.75, 3.05) is 0 Å². The predicted octanol–water partition coefficient (Wildman–Crippen LogP) is 4.91. The molecule has 0 radical (unpaired) electrons. The van der Waals surface area contributed by atoms with Crippen LogP contribution >= 0.6 is 15.9 Å². The zero-order valence-corrected chi connectivity index (χ0v) is 11.6. The van der Waals surface area contributed by atoms with Gasteiger partial charge in [-0.05, 0) is 31.0 Å². The van der Waals surface area contributed by atoms with Crippen LogP contribution in [0, 0.1) is 6.92 Å². The van der Waals surface area contributed by atoms with Crippen LogP contribution in [0.5, 0.6) is 0 Å². The Hall–Kier alpha value is -0.630. The molecule has 0 aliphatic carbocycles. The Balaban J connectivity index is 2.53. The van der Waals surface area contributed by atoms with E-state index < -0.39 is 0 Å². The van der Waals surface area contributed by atoms with Crippen LogP contribution in [0.1, 0.15) is 54.9 Å². The van der Waals surface area contributed by atoms with Crippen molar-refractivity contribution in [1.29, 1.82) is 0 Å². The van der Waals surface area contributed by atoms with E-state index in [2.05, 4.69) is 22.9 Å². The number of halogens is 1. The molecule has 0 saturated carbocycles. The number of benzene rings is 1. The van der Waals surface area contributed by atoms with Gasteiger partial charge < -0.3 is 0 Å². The minimum Gasteiger partial charge on any atom is -0.294 e. The summed E-state index contributed by atoms with van der Waals surface area (Å²) in [6.45, 7) is 4.17. The van der Waals surface area contributed by atoms with Gasteiger partial charge in [0, 0.05) is 16.5 Å². The van der Waals surface area contributed by atoms with Gasteiger partial charge in [-0.25, -0.2) is 0 Å². The van der Waals surface area contributed by atoms with Gasteiger partial charge in [0.15, 0.2) is 5.78 Å². The average Bonchev–Trinajstić information content (AvgIpc) is 2.24. The molecule has 0 aliphatic heterocycles. The van der Waals surface area contributed by atoms with Crippen molar-refractivity contribution < 1.29 is 4.79 Å². The first-order valence-corrected chi connectivity index (χ1v) is 6.73. The van der Waals surface area contributed by atoms with Crippen molar-refractivity contribution in [2.45, 2.75) is 46.0 Å². The quantitative estimate of drug-likeness (QED) is 0.535. The van der Waals surface area contributed by atoms with Gasteiger partial charge in [0.25, 0.3) is 0 Å². The second kappa shape index (κ2) is 6.85. The van der Waals surface area contributed by atoms with E-state index in [4.69, 9.17) is 0 Å². The van der Waals surface area contributed by atoms with E-state index in [0.717, 1.165) is 28.4 Å². The Morgan fingerprint density at radius 2 is 2.00 bits per heavy atom. The second-order valence-electron chi connectivity index (χ2n) is 4.19. The lowest BCUT2D eigenvalue weighted by molar-refractivity contribution is 0.0978. The summed E-state index contributed by atoms with van der Waals surface area (Å²) in [5, 5.41) is 0. The molecule has 0 unspecified atom stereocenters. The predicted molar refractivity (Wildman–Crippen MR) is 72.0 cm³/mol. The van der Waals surface area contributed by atoms with Crippen molar-refractivity contribution >= 4 is 21.7 Å². The van der Waals surface area contributed by atoms with Crippen molar-refractivity contribution in [3.63, 3.8) is 0 Å². The minimum atomic E-state index is 0.279. The van der Waals surface area contributed by atoms with E-state index in [-0.39, 0.29) is 5.78 Å². The van der Waals surface area contributed by atoms with Crippen LogP contribution in [0.3, 0.4) is 0 Å². The molecule has 1 nitrogen and oxygen atoms in total. The molecule has 0 spiro atoms. The number of hydrogen-bond acceptors (Lipinski definition) is 1. The third kappa shape index (κ3) is 4.09. The monoisotopic (exact) mass is 282 g/mol. The second-order valence-corrected chi connectivity index (χ2v) is 5.11. The van der Waals surface area contributed by atoms with Crippen LogP contribution in [0.15, 0.2) is 22.7 Å². The highest BCUT2D eigenvalue weighted by molar-refractivity contribution is 9.10. The summed E-state index contributed by atoms with van der Waals surface area (Å²) in [5.41, 5.74) is 1.94. The average molecular weight is 283 g/mol. The molecule has 0 bridgehead atoms. The maximum atomic E-state index is 11.9. The SMILES string of the molecule is CCCCCCC(=O)c1ccc(Br)cc1C. The molecule has 0 saturated heterocycles. The van der Waals surface area contributed by atoms with E-state index in [9.17, 15) is 4.79 Å². The van der Waals surface area contributed by atoms with Crippen LogP contribution in [-0.4, -0.2) is 5.78 Å². The van der Waals surface area contributed by atoms with Gasteiger partial charge in [0.1, 0.15) is 0 Å². The summed E-state index contributed by atoms with van der Waals surface area (Å²) in [6.07, 6.45) is 5.31. The molecular formula is C14H19BrO. The molecule has 0 aromatic heterocycles. The first-order chi connectivity index (χ1) is 7.65. The van der Waals surface area contributed by atoms with Crippen LogP contribution in [0.25, 0.3) is 0 Å². The minimum absolute atomic E-state index is 0.279. The van der Waals surface area contributed by atoms with Crippen LogP contribution in [0.4, 0.5) is 0 Å². The van der Waals surface area contributed by atoms with Crippen molar-refractivity contribution in [3.05, 3.63) is 33.8 Å². The maximum absolute atomic E-state index is 11.9. The van der Waals surface area contributed by atoms with E-state index in [1.165, 1.54) is 12.8 Å². The van der Waals surface area contributed by atoms with Crippen LogP contribution in [-0.2, 0) is 0 Å². The normalized spacial score (nSPS) is 10.4. The van der Waals surface area contributed by atoms with Gasteiger partial charge in [0.05, 0.1) is 0 Å². The lowest BCUT2D eigenvalue weighted by Gasteiger charge is -2.05. The number of carbonyl (C=O) groups excluding carboxylic acids is 1. The standard InChI is InChI=1S/C14H19BrO/c1-3-4-5-6-7-14(16)13-9-8-12(15)10-11(13)2/h8-10H,3-7H2,1-2H3. The van der Waals surface area contributed by atoms with E-state index in [1.807, 2.05) is 25.1 Å². The van der Waals surface area contributed by atoms with E-state index in [1.54, 1.807) is 0 Å². The summed E-state index contributed by atoms with van der Waals surface area (Å²) in [4.78, 5) is 11.9. The van der Waals surface area contributed by atoms with Crippen molar-refractivity contribution in [3.8, 4) is 0 Å². The molecule has 0 amide bonds. The van der Waals surface area contributed by atoms with E-state index >= 15 is 0 Å². The number of unbranched alkanes of at least 4 members (excludes halogenated alkanes) is 3. The zero-order chi connectivity index (χ0) is 12.0. The lowest BCUT2D eigenvalue weighted by atomic mass is 10.0. The molecule has 1 aromatic rings. The largest absolute Gasteiger partial charge is 0.294 e. The summed E-state index contributed by atoms with van der Waals surface area (Å²) < 4.78 is 1.03. The number of aryl methyl sites for hydroxylation is 1. The molecule has 1 rings (SSSR count). The first kappa shape index (κ1) is 13.4. The van der Waals surface area contributed by atoms with E-state index in [0.29, 0.717) is 6.42 Å². The molecule has 2 heteroatoms. The van der Waals surface area contributed by atoms with Gasteiger partial charge in [-0.15, -0.1) is 0 Å². The van der Waals surface area contributed by atoms with Gasteiger partial charge in [-0.2, -0.15) is 0 Å². The maximum Gasteiger partial charge on any atom is 0.163 e. The fraction of sp³-hybridized carbons (Fsp3) is 0.500. The molecule has 0 aliphatic rings. The summed E-state index contributed by atoms with van der Waals surface area (Å²) in [7, 11) is 0. The fourth-order valence-corrected chi connectivity index (χ4v) is 2.26. The number of Topliss-reactive ketones (excluding diaryl/α,β-unsaturated/α-hetero) is 1. The summed E-state index contributed by atoms with van der Waals surface area (Å²) in [6, 6.07) is 5.85. The zero-order valence-electron chi connectivity index (χ0n) is 10.1. The molecule has 0 fully saturated rings. The van der Waals surface area contributed by atoms with Gasteiger partial charge in [-0.3, -0.25) is 4.79 Å².